The lowest BCUT2D eigenvalue weighted by atomic mass is 9.95. The van der Waals surface area contributed by atoms with Gasteiger partial charge in [0.1, 0.15) is 11.6 Å². The van der Waals surface area contributed by atoms with Gasteiger partial charge in [-0.05, 0) is 46.5 Å². The Hall–Kier alpha value is -3.06. The number of ketones is 1. The van der Waals surface area contributed by atoms with Gasteiger partial charge in [0, 0.05) is 12.7 Å². The molecule has 1 atom stereocenters. The van der Waals surface area contributed by atoms with Crippen LogP contribution in [0.3, 0.4) is 0 Å². The molecule has 1 amide bonds. The van der Waals surface area contributed by atoms with E-state index in [4.69, 9.17) is 0 Å². The Morgan fingerprint density at radius 2 is 1.86 bits per heavy atom. The topological polar surface area (TPSA) is 86.6 Å². The Labute approximate surface area is 170 Å². The van der Waals surface area contributed by atoms with Crippen LogP contribution in [-0.4, -0.2) is 63.7 Å². The van der Waals surface area contributed by atoms with E-state index in [1.807, 2.05) is 49.3 Å². The van der Waals surface area contributed by atoms with Crippen LogP contribution in [0.5, 0.6) is 0 Å². The SMILES string of the molecule is Cc1ncc(/C(O)=C2\C(=O)C(=O)N(CCCN(C)C)C2c2ccccc2)c(C)n1. The van der Waals surface area contributed by atoms with E-state index in [0.717, 1.165) is 18.5 Å². The highest BCUT2D eigenvalue weighted by Gasteiger charge is 2.45. The number of Topliss-reactive ketones (excluding diaryl/α,β-unsaturated/α-hetero) is 1. The average molecular weight is 394 g/mol. The number of hydrogen-bond donors (Lipinski definition) is 1. The van der Waals surface area contributed by atoms with Crippen molar-refractivity contribution < 1.29 is 14.7 Å². The average Bonchev–Trinajstić information content (AvgIpc) is 2.93. The summed E-state index contributed by atoms with van der Waals surface area (Å²) in [7, 11) is 3.92. The zero-order chi connectivity index (χ0) is 21.1. The number of aryl methyl sites for hydroxylation is 2. The van der Waals surface area contributed by atoms with Crippen molar-refractivity contribution in [1.82, 2.24) is 19.8 Å². The van der Waals surface area contributed by atoms with E-state index in [2.05, 4.69) is 9.97 Å². The van der Waals surface area contributed by atoms with Gasteiger partial charge < -0.3 is 14.9 Å². The molecular formula is C22H26N4O3. The minimum Gasteiger partial charge on any atom is -0.507 e. The molecule has 1 saturated heterocycles. The lowest BCUT2D eigenvalue weighted by molar-refractivity contribution is -0.139. The van der Waals surface area contributed by atoms with Gasteiger partial charge >= 0.3 is 0 Å². The van der Waals surface area contributed by atoms with Gasteiger partial charge in [0.2, 0.25) is 0 Å². The van der Waals surface area contributed by atoms with Gasteiger partial charge in [0.05, 0.1) is 22.9 Å². The first-order valence-electron chi connectivity index (χ1n) is 9.60. The van der Waals surface area contributed by atoms with Gasteiger partial charge in [0.15, 0.2) is 0 Å². The number of nitrogens with zero attached hydrogens (tertiary/aromatic N) is 4. The number of likely N-dealkylation sites (tertiary alicyclic amines) is 1. The molecule has 152 valence electrons. The normalized spacial score (nSPS) is 18.7. The molecule has 7 nitrogen and oxygen atoms in total. The van der Waals surface area contributed by atoms with Gasteiger partial charge in [-0.2, -0.15) is 0 Å². The number of hydrogen-bond acceptors (Lipinski definition) is 6. The first-order chi connectivity index (χ1) is 13.8. The quantitative estimate of drug-likeness (QED) is 0.460. The smallest absolute Gasteiger partial charge is 0.295 e. The van der Waals surface area contributed by atoms with E-state index in [1.54, 1.807) is 18.7 Å². The molecule has 0 bridgehead atoms. The summed E-state index contributed by atoms with van der Waals surface area (Å²) < 4.78 is 0. The molecule has 3 rings (SSSR count). The van der Waals surface area contributed by atoms with Gasteiger partial charge in [-0.25, -0.2) is 9.97 Å². The minimum atomic E-state index is -0.679. The fraction of sp³-hybridized carbons (Fsp3) is 0.364. The summed E-state index contributed by atoms with van der Waals surface area (Å²) in [6.07, 6.45) is 2.21. The zero-order valence-corrected chi connectivity index (χ0v) is 17.2. The largest absolute Gasteiger partial charge is 0.507 e. The molecular weight excluding hydrogens is 368 g/mol. The highest BCUT2D eigenvalue weighted by molar-refractivity contribution is 6.46. The molecule has 0 radical (unpaired) electrons. The monoisotopic (exact) mass is 394 g/mol. The maximum Gasteiger partial charge on any atom is 0.295 e. The van der Waals surface area contributed by atoms with Gasteiger partial charge in [-0.15, -0.1) is 0 Å². The summed E-state index contributed by atoms with van der Waals surface area (Å²) >= 11 is 0. The van der Waals surface area contributed by atoms with Crippen LogP contribution in [0, 0.1) is 13.8 Å². The molecule has 29 heavy (non-hydrogen) atoms. The van der Waals surface area contributed by atoms with Gasteiger partial charge in [-0.3, -0.25) is 9.59 Å². The second-order valence-corrected chi connectivity index (χ2v) is 7.48. The maximum absolute atomic E-state index is 12.9. The first-order valence-corrected chi connectivity index (χ1v) is 9.60. The molecule has 1 aromatic heterocycles. The molecule has 1 N–H and O–H groups in total. The Bertz CT molecular complexity index is 954. The van der Waals surface area contributed by atoms with Crippen LogP contribution in [0.15, 0.2) is 42.1 Å². The molecule has 0 saturated carbocycles. The highest BCUT2D eigenvalue weighted by Crippen LogP contribution is 2.39. The van der Waals surface area contributed by atoms with Crippen LogP contribution >= 0.6 is 0 Å². The van der Waals surface area contributed by atoms with Crippen LogP contribution in [0.4, 0.5) is 0 Å². The van der Waals surface area contributed by atoms with Crippen LogP contribution in [0.1, 0.15) is 35.1 Å². The molecule has 7 heteroatoms. The van der Waals surface area contributed by atoms with Crippen LogP contribution in [0.2, 0.25) is 0 Å². The summed E-state index contributed by atoms with van der Waals surface area (Å²) in [5.41, 5.74) is 1.79. The third kappa shape index (κ3) is 4.19. The van der Waals surface area contributed by atoms with Crippen molar-refractivity contribution >= 4 is 17.4 Å². The number of carbonyl (C=O) groups is 2. The van der Waals surface area contributed by atoms with Gasteiger partial charge in [0.25, 0.3) is 11.7 Å². The Morgan fingerprint density at radius 3 is 2.48 bits per heavy atom. The third-order valence-electron chi connectivity index (χ3n) is 5.01. The number of aliphatic hydroxyl groups excluding tert-OH is 1. The number of aliphatic hydroxyl groups is 1. The van der Waals surface area contributed by atoms with E-state index >= 15 is 0 Å². The lowest BCUT2D eigenvalue weighted by Gasteiger charge is -2.26. The van der Waals surface area contributed by atoms with Crippen LogP contribution in [-0.2, 0) is 9.59 Å². The Balaban J connectivity index is 2.10. The number of aromatic nitrogens is 2. The molecule has 1 fully saturated rings. The van der Waals surface area contributed by atoms with Crippen LogP contribution < -0.4 is 0 Å². The third-order valence-corrected chi connectivity index (χ3v) is 5.01. The first kappa shape index (κ1) is 20.7. The molecule has 2 heterocycles. The maximum atomic E-state index is 12.9. The summed E-state index contributed by atoms with van der Waals surface area (Å²) in [5.74, 6) is -0.932. The Morgan fingerprint density at radius 1 is 1.17 bits per heavy atom. The molecule has 1 unspecified atom stereocenters. The van der Waals surface area contributed by atoms with Crippen molar-refractivity contribution in [2.45, 2.75) is 26.3 Å². The predicted octanol–water partition coefficient (Wildman–Crippen LogP) is 2.47. The van der Waals surface area contributed by atoms with Gasteiger partial charge in [-0.1, -0.05) is 30.3 Å². The number of benzene rings is 1. The second-order valence-electron chi connectivity index (χ2n) is 7.48. The van der Waals surface area contributed by atoms with Crippen LogP contribution in [0.25, 0.3) is 5.76 Å². The summed E-state index contributed by atoms with van der Waals surface area (Å²) in [5, 5.41) is 11.0. The lowest BCUT2D eigenvalue weighted by Crippen LogP contribution is -2.32. The summed E-state index contributed by atoms with van der Waals surface area (Å²) in [4.78, 5) is 37.8. The summed E-state index contributed by atoms with van der Waals surface area (Å²) in [6.45, 7) is 4.71. The van der Waals surface area contributed by atoms with Crippen molar-refractivity contribution in [3.63, 3.8) is 0 Å². The molecule has 2 aromatic rings. The highest BCUT2D eigenvalue weighted by atomic mass is 16.3. The summed E-state index contributed by atoms with van der Waals surface area (Å²) in [6, 6.07) is 8.67. The number of amides is 1. The fourth-order valence-corrected chi connectivity index (χ4v) is 3.61. The van der Waals surface area contributed by atoms with Crippen molar-refractivity contribution in [1.29, 1.82) is 0 Å². The van der Waals surface area contributed by atoms with Crippen molar-refractivity contribution in [2.24, 2.45) is 0 Å². The number of rotatable bonds is 6. The molecule has 1 aromatic carbocycles. The standard InChI is InChI=1S/C22H26N4O3/c1-14-17(13-23-15(2)24-14)20(27)18-19(16-9-6-5-7-10-16)26(22(29)21(18)28)12-8-11-25(3)4/h5-7,9-10,13,19,27H,8,11-12H2,1-4H3/b20-18+. The van der Waals surface area contributed by atoms with Crippen molar-refractivity contribution in [3.05, 3.63) is 64.7 Å². The minimum absolute atomic E-state index is 0.0848. The molecule has 1 aliphatic rings. The van der Waals surface area contributed by atoms with Crippen molar-refractivity contribution in [2.75, 3.05) is 27.2 Å². The molecule has 1 aliphatic heterocycles. The second kappa shape index (κ2) is 8.53. The van der Waals surface area contributed by atoms with E-state index in [9.17, 15) is 14.7 Å². The zero-order valence-electron chi connectivity index (χ0n) is 17.2. The fourth-order valence-electron chi connectivity index (χ4n) is 3.61. The van der Waals surface area contributed by atoms with E-state index in [-0.39, 0.29) is 11.3 Å². The van der Waals surface area contributed by atoms with E-state index < -0.39 is 17.7 Å². The number of carbonyl (C=O) groups excluding carboxylic acids is 2. The Kier molecular flexibility index (Phi) is 6.08. The molecule has 0 spiro atoms. The van der Waals surface area contributed by atoms with E-state index in [0.29, 0.717) is 23.6 Å². The predicted molar refractivity (Wildman–Crippen MR) is 110 cm³/mol. The van der Waals surface area contributed by atoms with E-state index in [1.165, 1.54) is 6.20 Å². The van der Waals surface area contributed by atoms with Crippen molar-refractivity contribution in [3.8, 4) is 0 Å². The molecule has 0 aliphatic carbocycles.